The molecule has 1 fully saturated rings. The molecule has 27 heavy (non-hydrogen) atoms. The first-order chi connectivity index (χ1) is 12.6. The van der Waals surface area contributed by atoms with Crippen LogP contribution in [0.3, 0.4) is 0 Å². The van der Waals surface area contributed by atoms with Crippen LogP contribution in [-0.2, 0) is 4.79 Å². The maximum Gasteiger partial charge on any atom is 0.263 e. The van der Waals surface area contributed by atoms with Gasteiger partial charge in [-0.15, -0.1) is 11.3 Å². The lowest BCUT2D eigenvalue weighted by molar-refractivity contribution is -0.125. The minimum absolute atomic E-state index is 0.0150. The van der Waals surface area contributed by atoms with E-state index in [-0.39, 0.29) is 29.3 Å². The van der Waals surface area contributed by atoms with Gasteiger partial charge in [0, 0.05) is 12.0 Å². The molecule has 1 aromatic heterocycles. The molecule has 1 saturated heterocycles. The summed E-state index contributed by atoms with van der Waals surface area (Å²) in [6.45, 7) is 6.03. The number of benzene rings is 1. The van der Waals surface area contributed by atoms with Crippen LogP contribution in [0.15, 0.2) is 24.4 Å². The van der Waals surface area contributed by atoms with E-state index < -0.39 is 11.6 Å². The lowest BCUT2D eigenvalue weighted by Crippen LogP contribution is -2.60. The molecule has 1 aromatic carbocycles. The normalized spacial score (nSPS) is 20.3. The maximum atomic E-state index is 13.4. The zero-order chi connectivity index (χ0) is 19.8. The molecule has 2 N–H and O–H groups in total. The van der Waals surface area contributed by atoms with E-state index in [2.05, 4.69) is 15.6 Å². The number of thiazole rings is 1. The Morgan fingerprint density at radius 2 is 2.04 bits per heavy atom. The van der Waals surface area contributed by atoms with Crippen LogP contribution in [0.25, 0.3) is 10.6 Å². The first-order valence-electron chi connectivity index (χ1n) is 8.66. The van der Waals surface area contributed by atoms with Gasteiger partial charge in [-0.1, -0.05) is 20.8 Å². The van der Waals surface area contributed by atoms with Crippen molar-refractivity contribution in [3.63, 3.8) is 0 Å². The van der Waals surface area contributed by atoms with E-state index in [1.54, 1.807) is 0 Å². The third kappa shape index (κ3) is 4.32. The quantitative estimate of drug-likeness (QED) is 0.838. The summed E-state index contributed by atoms with van der Waals surface area (Å²) in [7, 11) is 0. The van der Waals surface area contributed by atoms with Crippen LogP contribution in [0.4, 0.5) is 8.78 Å². The van der Waals surface area contributed by atoms with Crippen molar-refractivity contribution in [1.29, 1.82) is 0 Å². The lowest BCUT2D eigenvalue weighted by Gasteiger charge is -2.40. The Bertz CT molecular complexity index is 876. The number of carbonyl (C=O) groups is 2. The van der Waals surface area contributed by atoms with E-state index in [1.165, 1.54) is 12.3 Å². The molecule has 0 saturated carbocycles. The van der Waals surface area contributed by atoms with Crippen molar-refractivity contribution >= 4 is 23.2 Å². The number of hydrogen-bond acceptors (Lipinski definition) is 4. The van der Waals surface area contributed by atoms with Crippen molar-refractivity contribution in [3.8, 4) is 10.6 Å². The van der Waals surface area contributed by atoms with Gasteiger partial charge in [-0.2, -0.15) is 0 Å². The summed E-state index contributed by atoms with van der Waals surface area (Å²) in [4.78, 5) is 28.9. The van der Waals surface area contributed by atoms with E-state index in [9.17, 15) is 18.4 Å². The molecular formula is C19H21F2N3O2S. The Hall–Kier alpha value is -2.35. The number of nitrogens with one attached hydrogen (secondary N) is 2. The average Bonchev–Trinajstić information content (AvgIpc) is 3.08. The SMILES string of the molecule is CC(C)(C)[C@@H]1NC(=O)CC[C@H]1NC(=O)c1cnc(-c2ccc(F)c(F)c2)s1. The summed E-state index contributed by atoms with van der Waals surface area (Å²) in [5.74, 6) is -2.20. The summed E-state index contributed by atoms with van der Waals surface area (Å²) in [6, 6.07) is 3.14. The van der Waals surface area contributed by atoms with Gasteiger partial charge in [0.1, 0.15) is 9.88 Å². The van der Waals surface area contributed by atoms with Gasteiger partial charge in [-0.25, -0.2) is 13.8 Å². The highest BCUT2D eigenvalue weighted by molar-refractivity contribution is 7.16. The third-order valence-electron chi connectivity index (χ3n) is 4.55. The standard InChI is InChI=1S/C19H21F2N3O2S/c1-19(2,3)16-13(6-7-15(25)24-16)23-17(26)14-9-22-18(27-14)10-4-5-11(20)12(21)8-10/h4-5,8-9,13,16H,6-7H2,1-3H3,(H,23,26)(H,24,25)/t13-,16-/m1/s1. The summed E-state index contributed by atoms with van der Waals surface area (Å²) in [5, 5.41) is 6.38. The van der Waals surface area contributed by atoms with Crippen molar-refractivity contribution in [2.45, 2.75) is 45.7 Å². The summed E-state index contributed by atoms with van der Waals surface area (Å²) in [6.07, 6.45) is 2.35. The molecule has 2 atom stereocenters. The molecule has 0 spiro atoms. The Morgan fingerprint density at radius 1 is 1.30 bits per heavy atom. The van der Waals surface area contributed by atoms with Crippen molar-refractivity contribution in [3.05, 3.63) is 40.9 Å². The molecule has 5 nitrogen and oxygen atoms in total. The molecule has 2 amide bonds. The number of hydrogen-bond donors (Lipinski definition) is 2. The summed E-state index contributed by atoms with van der Waals surface area (Å²) in [5.41, 5.74) is 0.203. The number of carbonyl (C=O) groups excluding carboxylic acids is 2. The number of nitrogens with zero attached hydrogens (tertiary/aromatic N) is 1. The van der Waals surface area contributed by atoms with Gasteiger partial charge in [0.05, 0.1) is 18.3 Å². The number of aromatic nitrogens is 1. The highest BCUT2D eigenvalue weighted by Gasteiger charge is 2.37. The van der Waals surface area contributed by atoms with Crippen LogP contribution < -0.4 is 10.6 Å². The first-order valence-corrected chi connectivity index (χ1v) is 9.48. The fourth-order valence-corrected chi connectivity index (χ4v) is 3.97. The second-order valence-corrected chi connectivity index (χ2v) is 8.72. The van der Waals surface area contributed by atoms with E-state index >= 15 is 0 Å². The van der Waals surface area contributed by atoms with Crippen molar-refractivity contribution in [1.82, 2.24) is 15.6 Å². The van der Waals surface area contributed by atoms with Crippen LogP contribution in [0.2, 0.25) is 0 Å². The third-order valence-corrected chi connectivity index (χ3v) is 5.59. The van der Waals surface area contributed by atoms with Crippen LogP contribution >= 0.6 is 11.3 Å². The summed E-state index contributed by atoms with van der Waals surface area (Å²) >= 11 is 1.11. The zero-order valence-electron chi connectivity index (χ0n) is 15.3. The van der Waals surface area contributed by atoms with Crippen LogP contribution in [0.1, 0.15) is 43.3 Å². The van der Waals surface area contributed by atoms with Crippen molar-refractivity contribution < 1.29 is 18.4 Å². The highest BCUT2D eigenvalue weighted by atomic mass is 32.1. The van der Waals surface area contributed by atoms with Crippen LogP contribution in [0.5, 0.6) is 0 Å². The molecule has 0 bridgehead atoms. The van der Waals surface area contributed by atoms with Gasteiger partial charge >= 0.3 is 0 Å². The van der Waals surface area contributed by atoms with Crippen LogP contribution in [0, 0.1) is 17.0 Å². The second kappa shape index (κ2) is 7.34. The molecular weight excluding hydrogens is 372 g/mol. The number of rotatable bonds is 3. The Morgan fingerprint density at radius 3 is 2.70 bits per heavy atom. The van der Waals surface area contributed by atoms with Gasteiger partial charge in [0.15, 0.2) is 11.6 Å². The number of amides is 2. The number of piperidine rings is 1. The zero-order valence-corrected chi connectivity index (χ0v) is 16.1. The molecule has 8 heteroatoms. The minimum Gasteiger partial charge on any atom is -0.351 e. The largest absolute Gasteiger partial charge is 0.351 e. The molecule has 0 radical (unpaired) electrons. The van der Waals surface area contributed by atoms with E-state index in [0.29, 0.717) is 28.3 Å². The predicted molar refractivity (Wildman–Crippen MR) is 99.3 cm³/mol. The summed E-state index contributed by atoms with van der Waals surface area (Å²) < 4.78 is 26.5. The second-order valence-electron chi connectivity index (χ2n) is 7.69. The molecule has 0 unspecified atom stereocenters. The van der Waals surface area contributed by atoms with Gasteiger partial charge in [-0.05, 0) is 30.0 Å². The van der Waals surface area contributed by atoms with Gasteiger partial charge < -0.3 is 10.6 Å². The molecule has 2 aromatic rings. The smallest absolute Gasteiger partial charge is 0.263 e. The van der Waals surface area contributed by atoms with Gasteiger partial charge in [0.2, 0.25) is 5.91 Å². The Kier molecular flexibility index (Phi) is 5.28. The molecule has 3 rings (SSSR count). The molecule has 144 valence electrons. The fraction of sp³-hybridized carbons (Fsp3) is 0.421. The molecule has 1 aliphatic heterocycles. The topological polar surface area (TPSA) is 71.1 Å². The minimum atomic E-state index is -0.959. The molecule has 0 aliphatic carbocycles. The van der Waals surface area contributed by atoms with Crippen molar-refractivity contribution in [2.24, 2.45) is 5.41 Å². The molecule has 2 heterocycles. The van der Waals surface area contributed by atoms with Crippen LogP contribution in [-0.4, -0.2) is 28.9 Å². The molecule has 1 aliphatic rings. The number of halogens is 2. The van der Waals surface area contributed by atoms with E-state index in [0.717, 1.165) is 23.5 Å². The monoisotopic (exact) mass is 393 g/mol. The predicted octanol–water partition coefficient (Wildman–Crippen LogP) is 3.51. The highest BCUT2D eigenvalue weighted by Crippen LogP contribution is 2.29. The Labute approximate surface area is 160 Å². The lowest BCUT2D eigenvalue weighted by atomic mass is 9.78. The average molecular weight is 393 g/mol. The first kappa shape index (κ1) is 19.4. The van der Waals surface area contributed by atoms with Gasteiger partial charge in [-0.3, -0.25) is 9.59 Å². The Balaban J connectivity index is 1.75. The van der Waals surface area contributed by atoms with Crippen molar-refractivity contribution in [2.75, 3.05) is 0 Å². The fourth-order valence-electron chi connectivity index (χ4n) is 3.16. The van der Waals surface area contributed by atoms with Gasteiger partial charge in [0.25, 0.3) is 5.91 Å². The van der Waals surface area contributed by atoms with E-state index in [4.69, 9.17) is 0 Å². The maximum absolute atomic E-state index is 13.4. The van der Waals surface area contributed by atoms with E-state index in [1.807, 2.05) is 20.8 Å².